The quantitative estimate of drug-likeness (QED) is 0.400. The number of aromatic amines is 1. The Bertz CT molecular complexity index is 1420. The predicted molar refractivity (Wildman–Crippen MR) is 127 cm³/mol. The van der Waals surface area contributed by atoms with E-state index in [-0.39, 0.29) is 0 Å². The zero-order valence-corrected chi connectivity index (χ0v) is 17.8. The molecule has 0 radical (unpaired) electrons. The molecule has 32 heavy (non-hydrogen) atoms. The average Bonchev–Trinajstić information content (AvgIpc) is 3.48. The van der Waals surface area contributed by atoms with Crippen LogP contribution in [-0.4, -0.2) is 31.3 Å². The fourth-order valence-corrected chi connectivity index (χ4v) is 4.47. The van der Waals surface area contributed by atoms with Crippen molar-refractivity contribution in [2.75, 3.05) is 11.9 Å². The number of benzene rings is 2. The van der Waals surface area contributed by atoms with Gasteiger partial charge in [0.25, 0.3) is 0 Å². The lowest BCUT2D eigenvalue weighted by Gasteiger charge is -2.18. The van der Waals surface area contributed by atoms with Crippen molar-refractivity contribution in [2.24, 2.45) is 7.05 Å². The van der Waals surface area contributed by atoms with Crippen molar-refractivity contribution in [1.29, 1.82) is 0 Å². The van der Waals surface area contributed by atoms with Gasteiger partial charge < -0.3 is 15.2 Å². The number of nitrogens with zero attached hydrogens (tertiary/aromatic N) is 4. The maximum atomic E-state index is 4.98. The maximum absolute atomic E-state index is 4.98. The third-order valence-electron chi connectivity index (χ3n) is 6.10. The van der Waals surface area contributed by atoms with E-state index in [1.165, 1.54) is 11.1 Å². The smallest absolute Gasteiger partial charge is 0.227 e. The molecular formula is C25H23N7. The van der Waals surface area contributed by atoms with Gasteiger partial charge in [-0.05, 0) is 42.3 Å². The highest BCUT2D eigenvalue weighted by molar-refractivity contribution is 5.98. The Morgan fingerprint density at radius 2 is 1.97 bits per heavy atom. The lowest BCUT2D eigenvalue weighted by molar-refractivity contribution is 0.644. The topological polar surface area (TPSA) is 83.4 Å². The van der Waals surface area contributed by atoms with Gasteiger partial charge in [0, 0.05) is 65.5 Å². The molecule has 4 heterocycles. The summed E-state index contributed by atoms with van der Waals surface area (Å²) in [6.45, 7) is 1.94. The predicted octanol–water partition coefficient (Wildman–Crippen LogP) is 4.41. The molecule has 3 aromatic heterocycles. The summed E-state index contributed by atoms with van der Waals surface area (Å²) < 4.78 is 2.14. The molecule has 1 aliphatic rings. The molecule has 0 fully saturated rings. The summed E-state index contributed by atoms with van der Waals surface area (Å²) in [6.07, 6.45) is 8.72. The lowest BCUT2D eigenvalue weighted by atomic mass is 10.0. The van der Waals surface area contributed by atoms with Crippen molar-refractivity contribution in [2.45, 2.75) is 13.0 Å². The minimum atomic E-state index is 0.578. The molecule has 5 aromatic rings. The summed E-state index contributed by atoms with van der Waals surface area (Å²) in [5.74, 6) is 0.578. The van der Waals surface area contributed by atoms with E-state index in [1.54, 1.807) is 6.20 Å². The second kappa shape index (κ2) is 7.62. The van der Waals surface area contributed by atoms with E-state index in [0.717, 1.165) is 58.5 Å². The largest absolute Gasteiger partial charge is 0.350 e. The van der Waals surface area contributed by atoms with E-state index < -0.39 is 0 Å². The summed E-state index contributed by atoms with van der Waals surface area (Å²) >= 11 is 0. The molecule has 158 valence electrons. The van der Waals surface area contributed by atoms with E-state index in [1.807, 2.05) is 12.4 Å². The fourth-order valence-electron chi connectivity index (χ4n) is 4.47. The number of rotatable bonds is 4. The number of anilines is 2. The number of aryl methyl sites for hydroxylation is 1. The molecule has 0 atom stereocenters. The van der Waals surface area contributed by atoms with Crippen molar-refractivity contribution in [3.8, 4) is 22.4 Å². The second-order valence-corrected chi connectivity index (χ2v) is 8.15. The molecule has 0 saturated heterocycles. The van der Waals surface area contributed by atoms with Gasteiger partial charge in [-0.1, -0.05) is 24.3 Å². The molecule has 0 bridgehead atoms. The number of hydrogen-bond donors (Lipinski definition) is 3. The van der Waals surface area contributed by atoms with Crippen molar-refractivity contribution < 1.29 is 0 Å². The van der Waals surface area contributed by atoms with Crippen LogP contribution in [0, 0.1) is 0 Å². The maximum Gasteiger partial charge on any atom is 0.227 e. The van der Waals surface area contributed by atoms with Gasteiger partial charge in [-0.2, -0.15) is 5.10 Å². The number of hydrogen-bond acceptors (Lipinski definition) is 5. The van der Waals surface area contributed by atoms with Crippen molar-refractivity contribution >= 4 is 22.5 Å². The van der Waals surface area contributed by atoms with Crippen LogP contribution in [0.3, 0.4) is 0 Å². The van der Waals surface area contributed by atoms with Crippen LogP contribution in [0.15, 0.2) is 67.3 Å². The van der Waals surface area contributed by atoms with Crippen LogP contribution >= 0.6 is 0 Å². The first-order chi connectivity index (χ1) is 15.8. The van der Waals surface area contributed by atoms with Crippen molar-refractivity contribution in [3.63, 3.8) is 0 Å². The molecule has 6 rings (SSSR count). The number of aromatic nitrogens is 5. The van der Waals surface area contributed by atoms with Gasteiger partial charge in [-0.25, -0.2) is 9.97 Å². The van der Waals surface area contributed by atoms with Crippen LogP contribution in [0.5, 0.6) is 0 Å². The molecule has 0 saturated carbocycles. The number of H-pyrrole nitrogens is 1. The Kier molecular flexibility index (Phi) is 4.47. The van der Waals surface area contributed by atoms with Crippen LogP contribution in [0.2, 0.25) is 0 Å². The van der Waals surface area contributed by atoms with Gasteiger partial charge in [0.15, 0.2) is 0 Å². The van der Waals surface area contributed by atoms with Crippen molar-refractivity contribution in [1.82, 2.24) is 30.0 Å². The van der Waals surface area contributed by atoms with Gasteiger partial charge >= 0.3 is 0 Å². The Morgan fingerprint density at radius 1 is 1.03 bits per heavy atom. The third-order valence-corrected chi connectivity index (χ3v) is 6.10. The van der Waals surface area contributed by atoms with Crippen LogP contribution < -0.4 is 10.6 Å². The van der Waals surface area contributed by atoms with E-state index in [9.17, 15) is 0 Å². The van der Waals surface area contributed by atoms with E-state index in [4.69, 9.17) is 4.98 Å². The zero-order valence-electron chi connectivity index (χ0n) is 17.8. The van der Waals surface area contributed by atoms with Gasteiger partial charge in [0.05, 0.1) is 11.9 Å². The van der Waals surface area contributed by atoms with Crippen LogP contribution in [-0.2, 0) is 20.0 Å². The Hall–Kier alpha value is -3.97. The second-order valence-electron chi connectivity index (χ2n) is 8.15. The average molecular weight is 422 g/mol. The van der Waals surface area contributed by atoms with Gasteiger partial charge in [0.2, 0.25) is 5.95 Å². The van der Waals surface area contributed by atoms with Gasteiger partial charge in [-0.15, -0.1) is 0 Å². The molecule has 7 heteroatoms. The molecule has 7 nitrogen and oxygen atoms in total. The lowest BCUT2D eigenvalue weighted by Crippen LogP contribution is -2.23. The number of fused-ring (bicyclic) bond motifs is 2. The summed E-state index contributed by atoms with van der Waals surface area (Å²) in [4.78, 5) is 9.61. The molecule has 0 amide bonds. The molecule has 0 spiro atoms. The highest BCUT2D eigenvalue weighted by Crippen LogP contribution is 2.36. The van der Waals surface area contributed by atoms with Crippen molar-refractivity contribution in [3.05, 3.63) is 78.4 Å². The Labute approximate surface area is 185 Å². The van der Waals surface area contributed by atoms with Crippen LogP contribution in [0.4, 0.5) is 11.6 Å². The monoisotopic (exact) mass is 421 g/mol. The summed E-state index contributed by atoms with van der Waals surface area (Å²) in [5.41, 5.74) is 8.75. The summed E-state index contributed by atoms with van der Waals surface area (Å²) in [7, 11) is 2.06. The summed E-state index contributed by atoms with van der Waals surface area (Å²) in [6, 6.07) is 14.9. The summed E-state index contributed by atoms with van der Waals surface area (Å²) in [5, 5.41) is 15.0. The van der Waals surface area contributed by atoms with E-state index in [2.05, 4.69) is 86.1 Å². The van der Waals surface area contributed by atoms with E-state index in [0.29, 0.717) is 5.95 Å². The first-order valence-electron chi connectivity index (χ1n) is 10.8. The molecular weight excluding hydrogens is 398 g/mol. The van der Waals surface area contributed by atoms with Crippen LogP contribution in [0.1, 0.15) is 11.1 Å². The first-order valence-corrected chi connectivity index (χ1v) is 10.8. The van der Waals surface area contributed by atoms with E-state index >= 15 is 0 Å². The number of nitrogens with one attached hydrogen (secondary N) is 3. The SMILES string of the molecule is Cn1cc(-c2nc(Nc3ccc4c(c3)CCNC4)ncc2-c2cn[nH]c2)c2ccccc21. The number of para-hydroxylation sites is 1. The standard InChI is InChI=1S/C25H23N7/c1-32-15-22(20-4-2-3-5-23(20)32)24-21(18-12-28-29-13-18)14-27-25(31-24)30-19-7-6-17-11-26-9-8-16(17)10-19/h2-7,10,12-15,26H,8-9,11H2,1H3,(H,28,29)(H,27,30,31). The van der Waals surface area contributed by atoms with Gasteiger partial charge in [-0.3, -0.25) is 5.10 Å². The Balaban J connectivity index is 1.46. The van der Waals surface area contributed by atoms with Gasteiger partial charge in [0.1, 0.15) is 0 Å². The minimum absolute atomic E-state index is 0.578. The normalized spacial score (nSPS) is 13.3. The Morgan fingerprint density at radius 3 is 2.88 bits per heavy atom. The molecule has 3 N–H and O–H groups in total. The molecule has 1 aliphatic heterocycles. The molecule has 0 aliphatic carbocycles. The molecule has 2 aromatic carbocycles. The zero-order chi connectivity index (χ0) is 21.5. The first kappa shape index (κ1) is 18.8. The minimum Gasteiger partial charge on any atom is -0.350 e. The fraction of sp³-hybridized carbons (Fsp3) is 0.160. The highest BCUT2D eigenvalue weighted by atomic mass is 15.1. The highest BCUT2D eigenvalue weighted by Gasteiger charge is 2.17. The third kappa shape index (κ3) is 3.23. The van der Waals surface area contributed by atoms with Crippen LogP contribution in [0.25, 0.3) is 33.3 Å². The molecule has 0 unspecified atom stereocenters.